The van der Waals surface area contributed by atoms with Crippen molar-refractivity contribution in [2.24, 2.45) is 7.05 Å². The average Bonchev–Trinajstić information content (AvgIpc) is 1.63. The number of anilines is 1. The lowest BCUT2D eigenvalue weighted by Crippen LogP contribution is -2.54. The number of amides is 16. The minimum Gasteiger partial charge on any atom is -0.497 e. The van der Waals surface area contributed by atoms with Gasteiger partial charge >= 0.3 is 24.1 Å². The number of fused-ring (bicyclic) bond motifs is 4. The highest BCUT2D eigenvalue weighted by Gasteiger charge is 2.52. The summed E-state index contributed by atoms with van der Waals surface area (Å²) in [5.74, 6) is 21.0. The van der Waals surface area contributed by atoms with E-state index in [1.165, 1.54) is 89.5 Å². The maximum atomic E-state index is 12.9. The summed E-state index contributed by atoms with van der Waals surface area (Å²) in [6.07, 6.45) is 9.06. The highest BCUT2D eigenvalue weighted by Crippen LogP contribution is 2.34. The van der Waals surface area contributed by atoms with E-state index in [-0.39, 0.29) is 79.6 Å². The van der Waals surface area contributed by atoms with Crippen molar-refractivity contribution in [2.45, 2.75) is 55.3 Å². The largest absolute Gasteiger partial charge is 0.497 e. The van der Waals surface area contributed by atoms with Gasteiger partial charge in [-0.25, -0.2) is 19.2 Å². The van der Waals surface area contributed by atoms with Crippen LogP contribution < -0.4 is 78.3 Å². The van der Waals surface area contributed by atoms with Gasteiger partial charge in [0.05, 0.1) is 77.6 Å². The SMILES string of the molecule is COc1ccc2c(c1)C(=O)N(C[C@@]1(C#Cc3c[nH]c(=O)cc3C)NC(=O)NC1=O)C2.COc1ccc2c(c1)C(=O)N(C[C@@]1(C#Cc3cccn(C)c3=O)NC(=O)NC1=O)C2.COc1ccc2c(c1)C(=O)N(C[C@@]1(C#Cc3cn[nH]c3)NC(=O)NC1=O)C2.COc1ccc2c(c1)C(=O)N(C[C@@]1(C#Cc3cncc(N)c3)NC(=O)NC1=O)C2. The Labute approximate surface area is 657 Å². The maximum Gasteiger partial charge on any atom is 0.323 e. The van der Waals surface area contributed by atoms with Crippen LogP contribution in [0.3, 0.4) is 0 Å². The number of methoxy groups -OCH3 is 4. The summed E-state index contributed by atoms with van der Waals surface area (Å²) >= 11 is 0. The first-order valence-corrected chi connectivity index (χ1v) is 35.1. The molecule has 16 rings (SSSR count). The number of nitrogens with one attached hydrogen (secondary N) is 10. The Morgan fingerprint density at radius 2 is 0.793 bits per heavy atom. The molecule has 4 saturated heterocycles. The van der Waals surface area contributed by atoms with E-state index in [0.29, 0.717) is 86.3 Å². The Kier molecular flexibility index (Phi) is 21.4. The molecule has 8 aromatic rings. The van der Waals surface area contributed by atoms with Crippen molar-refractivity contribution >= 4 is 77.1 Å². The van der Waals surface area contributed by atoms with Crippen LogP contribution in [0.4, 0.5) is 24.9 Å². The number of urea groups is 4. The third-order valence-electron chi connectivity index (χ3n) is 19.4. The molecule has 0 radical (unpaired) electrons. The van der Waals surface area contributed by atoms with Gasteiger partial charge in [0.1, 0.15) is 23.0 Å². The van der Waals surface area contributed by atoms with Gasteiger partial charge in [0.15, 0.2) is 0 Å². The van der Waals surface area contributed by atoms with E-state index in [1.54, 1.807) is 105 Å². The number of hydrogen-bond acceptors (Lipinski definition) is 21. The van der Waals surface area contributed by atoms with Gasteiger partial charge < -0.3 is 75.1 Å². The van der Waals surface area contributed by atoms with Crippen molar-refractivity contribution in [1.29, 1.82) is 0 Å². The summed E-state index contributed by atoms with van der Waals surface area (Å²) in [6.45, 7) is 2.39. The van der Waals surface area contributed by atoms with Gasteiger partial charge in [-0.1, -0.05) is 71.6 Å². The van der Waals surface area contributed by atoms with E-state index in [1.807, 2.05) is 6.07 Å². The topological polar surface area (TPSA) is 473 Å². The van der Waals surface area contributed by atoms with Crippen LogP contribution in [-0.4, -0.2) is 192 Å². The molecule has 0 aliphatic carbocycles. The number of pyridine rings is 3. The fourth-order valence-electron chi connectivity index (χ4n) is 13.4. The van der Waals surface area contributed by atoms with Crippen LogP contribution in [0.25, 0.3) is 0 Å². The highest BCUT2D eigenvalue weighted by atomic mass is 16.5. The molecule has 586 valence electrons. The van der Waals surface area contributed by atoms with Crippen molar-refractivity contribution in [3.8, 4) is 70.4 Å². The van der Waals surface area contributed by atoms with Crippen molar-refractivity contribution < 1.29 is 76.5 Å². The molecule has 8 aliphatic heterocycles. The number of hydrogen-bond donors (Lipinski definition) is 11. The predicted molar refractivity (Wildman–Crippen MR) is 407 cm³/mol. The standard InChI is InChI=1S/2C21H18N4O5.C20H17N5O4.C18H15N5O4/c1-12-7-17(26)22-9-13(12)5-6-21(19(28)23-20(29)24-21)11-25-10-14-3-4-15(30-2)8-16(14)18(25)27;1-24-9-3-4-13(17(24)26)7-8-21(19(28)22-20(29)23-21)12-25-11-14-5-6-15(30-2)10-16(14)18(25)27;1-29-15-3-2-13-10-25(17(26)16(13)7-15)11-20(18(27)23-19(28)24-20)5-4-12-6-14(21)9-22-8-12;1-27-13-3-2-12-9-23(15(24)14(12)6-13)10-18(16(25)21-17(26)22-18)5-4-11-7-19-20-8-11/h3-4,7-9H,10-11H2,1-2H3,(H,22,26)(H2,23,24,28,29);3-6,9-10H,11-12H2,1-2H3,(H2,22,23,28,29);2-3,6-9H,10-11,21H2,1H3,(H2,23,24,27,28);2-3,6-8H,9-10H2,1H3,(H,19,20)(H2,21,22,25,26)/t2*21-;20-;18-/m1111/s1. The third-order valence-corrected chi connectivity index (χ3v) is 19.4. The van der Waals surface area contributed by atoms with Crippen molar-refractivity contribution in [3.05, 3.63) is 227 Å². The lowest BCUT2D eigenvalue weighted by atomic mass is 9.98. The number of nitrogen functional groups attached to an aromatic ring is 1. The zero-order valence-corrected chi connectivity index (χ0v) is 62.4. The number of imide groups is 4. The van der Waals surface area contributed by atoms with E-state index in [9.17, 15) is 67.1 Å². The summed E-state index contributed by atoms with van der Waals surface area (Å²) in [5, 5.41) is 25.3. The summed E-state index contributed by atoms with van der Waals surface area (Å²) < 4.78 is 22.0. The summed E-state index contributed by atoms with van der Waals surface area (Å²) in [6, 6.07) is 24.3. The van der Waals surface area contributed by atoms with Gasteiger partial charge in [0.25, 0.3) is 52.8 Å². The molecule has 12 heterocycles. The number of aromatic amines is 2. The summed E-state index contributed by atoms with van der Waals surface area (Å²) in [5.41, 5.74) is 6.66. The first-order valence-electron chi connectivity index (χ1n) is 35.1. The minimum atomic E-state index is -1.67. The highest BCUT2D eigenvalue weighted by molar-refractivity contribution is 6.13. The molecule has 116 heavy (non-hydrogen) atoms. The molecule has 0 unspecified atom stereocenters. The van der Waals surface area contributed by atoms with Gasteiger partial charge in [0.2, 0.25) is 27.7 Å². The van der Waals surface area contributed by atoms with Crippen molar-refractivity contribution in [3.63, 3.8) is 0 Å². The number of aryl methyl sites for hydroxylation is 2. The molecular weight excluding hydrogens is 1500 g/mol. The Morgan fingerprint density at radius 3 is 1.12 bits per heavy atom. The summed E-state index contributed by atoms with van der Waals surface area (Å²) in [4.78, 5) is 185. The fraction of sp³-hybridized carbons (Fsp3) is 0.225. The first kappa shape index (κ1) is 78.2. The van der Waals surface area contributed by atoms with E-state index >= 15 is 0 Å². The summed E-state index contributed by atoms with van der Waals surface area (Å²) in [7, 11) is 7.66. The Hall–Kier alpha value is -16.0. The molecule has 8 aliphatic rings. The normalized spacial score (nSPS) is 19.9. The molecule has 12 N–H and O–H groups in total. The maximum absolute atomic E-state index is 12.9. The number of benzene rings is 4. The third kappa shape index (κ3) is 16.0. The van der Waals surface area contributed by atoms with Crippen molar-refractivity contribution in [2.75, 3.05) is 60.4 Å². The smallest absolute Gasteiger partial charge is 0.323 e. The second-order valence-corrected chi connectivity index (χ2v) is 27.2. The Balaban J connectivity index is 0.000000135. The van der Waals surface area contributed by atoms with E-state index < -0.39 is 69.9 Å². The van der Waals surface area contributed by atoms with Crippen LogP contribution in [0.1, 0.15) is 91.5 Å². The predicted octanol–water partition coefficient (Wildman–Crippen LogP) is 0.519. The van der Waals surface area contributed by atoms with E-state index in [2.05, 4.69) is 110 Å². The molecule has 4 atom stereocenters. The number of nitrogens with zero attached hydrogens (tertiary/aromatic N) is 7. The number of rotatable bonds is 12. The molecular formula is C80H68N18O18. The number of carbonyl (C=O) groups excluding carboxylic acids is 12. The molecule has 16 amide bonds. The second-order valence-electron chi connectivity index (χ2n) is 27.2. The van der Waals surface area contributed by atoms with Crippen LogP contribution in [0, 0.1) is 54.3 Å². The van der Waals surface area contributed by atoms with E-state index in [4.69, 9.17) is 24.7 Å². The zero-order chi connectivity index (χ0) is 82.5. The van der Waals surface area contributed by atoms with Crippen LogP contribution in [0.5, 0.6) is 23.0 Å². The van der Waals surface area contributed by atoms with Gasteiger partial charge in [-0.05, 0) is 101 Å². The van der Waals surface area contributed by atoms with Gasteiger partial charge in [-0.2, -0.15) is 5.10 Å². The lowest BCUT2D eigenvalue weighted by molar-refractivity contribution is -0.123. The number of nitrogens with two attached hydrogens (primary N) is 1. The fourth-order valence-corrected chi connectivity index (χ4v) is 13.4. The molecule has 4 aromatic carbocycles. The number of aromatic nitrogens is 5. The van der Waals surface area contributed by atoms with Gasteiger partial charge in [-0.3, -0.25) is 79.3 Å². The monoisotopic (exact) mass is 1570 g/mol. The van der Waals surface area contributed by atoms with Crippen molar-refractivity contribution in [1.82, 2.24) is 86.9 Å². The number of ether oxygens (including phenoxy) is 4. The quantitative estimate of drug-likeness (QED) is 0.0587. The Morgan fingerprint density at radius 1 is 0.431 bits per heavy atom. The molecule has 0 saturated carbocycles. The van der Waals surface area contributed by atoms with Gasteiger partial charge in [-0.15, -0.1) is 0 Å². The van der Waals surface area contributed by atoms with E-state index in [0.717, 1.165) is 22.3 Å². The first-order chi connectivity index (χ1) is 55.5. The second kappa shape index (κ2) is 31.8. The van der Waals surface area contributed by atoms with Crippen LogP contribution in [0.2, 0.25) is 0 Å². The molecule has 0 bridgehead atoms. The molecule has 36 nitrogen and oxygen atoms in total. The molecule has 4 aromatic heterocycles. The molecule has 36 heteroatoms. The Bertz CT molecular complexity index is 5950. The van der Waals surface area contributed by atoms with Crippen LogP contribution in [0.15, 0.2) is 144 Å². The molecule has 4 fully saturated rings. The zero-order valence-electron chi connectivity index (χ0n) is 62.4. The van der Waals surface area contributed by atoms with Gasteiger partial charge in [0, 0.05) is 104 Å². The minimum absolute atomic E-state index is 0.0781. The molecule has 0 spiro atoms. The number of carbonyl (C=O) groups is 12. The lowest BCUT2D eigenvalue weighted by Gasteiger charge is -2.26. The average molecular weight is 1570 g/mol. The number of H-pyrrole nitrogens is 2. The van der Waals surface area contributed by atoms with Crippen LogP contribution >= 0.6 is 0 Å². The van der Waals surface area contributed by atoms with Crippen LogP contribution in [-0.2, 0) is 52.4 Å².